The summed E-state index contributed by atoms with van der Waals surface area (Å²) in [5.41, 5.74) is -1.02. The van der Waals surface area contributed by atoms with Crippen LogP contribution in [0.4, 0.5) is 0 Å². The van der Waals surface area contributed by atoms with Crippen molar-refractivity contribution in [2.45, 2.75) is 110 Å². The Balaban J connectivity index is 1.56. The molecule has 1 N–H and O–H groups in total. The lowest BCUT2D eigenvalue weighted by atomic mass is 9.43. The standard InChI is InChI=1S/C29H47BrO2/c1-7-20(18(2)3)9-8-19(4)23-10-11-24-22-16-26(31)29(32)17-21(30)12-15-28(29,6)25(22)13-14-27(23,24)5/h8-9,18-25,32H,7,10-17H2,1-6H3/b9-8+/t19-,20-,21+,22?,23-,24?,25?,27-,28-,29+/m1/s1. The van der Waals surface area contributed by atoms with E-state index in [9.17, 15) is 9.90 Å². The Morgan fingerprint density at radius 1 is 1.06 bits per heavy atom. The first kappa shape index (κ1) is 25.0. The van der Waals surface area contributed by atoms with E-state index in [-0.39, 0.29) is 16.0 Å². The van der Waals surface area contributed by atoms with Gasteiger partial charge < -0.3 is 5.11 Å². The first-order chi connectivity index (χ1) is 15.0. The van der Waals surface area contributed by atoms with Gasteiger partial charge in [0, 0.05) is 16.7 Å². The van der Waals surface area contributed by atoms with Crippen LogP contribution < -0.4 is 0 Å². The highest BCUT2D eigenvalue weighted by Gasteiger charge is 2.67. The lowest BCUT2D eigenvalue weighted by Gasteiger charge is -2.63. The maximum absolute atomic E-state index is 13.5. The number of hydrogen-bond donors (Lipinski definition) is 1. The van der Waals surface area contributed by atoms with E-state index in [1.54, 1.807) is 0 Å². The summed E-state index contributed by atoms with van der Waals surface area (Å²) in [6, 6.07) is 0. The molecule has 0 aromatic heterocycles. The molecular formula is C29H47BrO2. The van der Waals surface area contributed by atoms with Gasteiger partial charge >= 0.3 is 0 Å². The maximum Gasteiger partial charge on any atom is 0.165 e. The zero-order valence-electron chi connectivity index (χ0n) is 21.4. The van der Waals surface area contributed by atoms with Gasteiger partial charge in [-0.1, -0.05) is 69.6 Å². The molecule has 0 aromatic rings. The van der Waals surface area contributed by atoms with Crippen molar-refractivity contribution in [1.29, 1.82) is 0 Å². The molecule has 0 aliphatic heterocycles. The van der Waals surface area contributed by atoms with E-state index in [1.165, 1.54) is 32.1 Å². The summed E-state index contributed by atoms with van der Waals surface area (Å²) in [6.07, 6.45) is 14.5. The van der Waals surface area contributed by atoms with Crippen LogP contribution in [0.2, 0.25) is 0 Å². The van der Waals surface area contributed by atoms with Crippen molar-refractivity contribution in [1.82, 2.24) is 0 Å². The number of rotatable bonds is 5. The van der Waals surface area contributed by atoms with E-state index in [4.69, 9.17) is 0 Å². The van der Waals surface area contributed by atoms with Crippen LogP contribution in [0.3, 0.4) is 0 Å². The molecule has 0 heterocycles. The number of carbonyl (C=O) groups is 1. The Morgan fingerprint density at radius 3 is 2.44 bits per heavy atom. The average molecular weight is 508 g/mol. The first-order valence-corrected chi connectivity index (χ1v) is 14.5. The fraction of sp³-hybridized carbons (Fsp3) is 0.897. The second-order valence-electron chi connectivity index (χ2n) is 12.9. The van der Waals surface area contributed by atoms with Gasteiger partial charge in [0.25, 0.3) is 0 Å². The van der Waals surface area contributed by atoms with Crippen LogP contribution >= 0.6 is 15.9 Å². The number of allylic oxidation sites excluding steroid dienone is 2. The number of alkyl halides is 1. The minimum absolute atomic E-state index is 0.147. The Morgan fingerprint density at radius 2 is 1.78 bits per heavy atom. The molecule has 0 saturated heterocycles. The molecule has 32 heavy (non-hydrogen) atoms. The normalized spacial score (nSPS) is 48.4. The van der Waals surface area contributed by atoms with Crippen molar-refractivity contribution in [2.75, 3.05) is 0 Å². The molecule has 182 valence electrons. The summed E-state index contributed by atoms with van der Waals surface area (Å²) in [5, 5.41) is 11.7. The minimum atomic E-state index is -1.12. The Kier molecular flexibility index (Phi) is 6.87. The van der Waals surface area contributed by atoms with Crippen molar-refractivity contribution in [3.63, 3.8) is 0 Å². The molecule has 0 bridgehead atoms. The molecule has 0 aromatic carbocycles. The minimum Gasteiger partial charge on any atom is -0.381 e. The van der Waals surface area contributed by atoms with E-state index >= 15 is 0 Å². The molecule has 4 fully saturated rings. The average Bonchev–Trinajstić information content (AvgIpc) is 3.08. The van der Waals surface area contributed by atoms with Gasteiger partial charge in [-0.3, -0.25) is 4.79 Å². The number of fused-ring (bicyclic) bond motifs is 5. The summed E-state index contributed by atoms with van der Waals surface area (Å²) in [6.45, 7) is 14.2. The third kappa shape index (κ3) is 3.71. The topological polar surface area (TPSA) is 37.3 Å². The number of ketones is 1. The third-order valence-electron chi connectivity index (χ3n) is 11.3. The fourth-order valence-electron chi connectivity index (χ4n) is 9.18. The van der Waals surface area contributed by atoms with Crippen LogP contribution in [0.15, 0.2) is 12.2 Å². The molecule has 4 rings (SSSR count). The number of hydrogen-bond acceptors (Lipinski definition) is 2. The van der Waals surface area contributed by atoms with Crippen LogP contribution in [0, 0.1) is 52.3 Å². The number of halogens is 1. The highest BCUT2D eigenvalue weighted by molar-refractivity contribution is 9.09. The lowest BCUT2D eigenvalue weighted by molar-refractivity contribution is -0.202. The van der Waals surface area contributed by atoms with Gasteiger partial charge in [0.2, 0.25) is 0 Å². The summed E-state index contributed by atoms with van der Waals surface area (Å²) < 4.78 is 0. The Labute approximate surface area is 205 Å². The number of aliphatic hydroxyl groups is 1. The van der Waals surface area contributed by atoms with Crippen molar-refractivity contribution >= 4 is 21.7 Å². The zero-order chi connectivity index (χ0) is 23.5. The molecule has 4 aliphatic carbocycles. The van der Waals surface area contributed by atoms with E-state index in [1.807, 2.05) is 0 Å². The summed E-state index contributed by atoms with van der Waals surface area (Å²) in [4.78, 5) is 13.7. The van der Waals surface area contributed by atoms with Gasteiger partial charge in [-0.05, 0) is 98.2 Å². The van der Waals surface area contributed by atoms with Crippen molar-refractivity contribution in [2.24, 2.45) is 52.3 Å². The summed E-state index contributed by atoms with van der Waals surface area (Å²) in [7, 11) is 0. The van der Waals surface area contributed by atoms with Crippen molar-refractivity contribution in [3.8, 4) is 0 Å². The second-order valence-corrected chi connectivity index (χ2v) is 14.2. The van der Waals surface area contributed by atoms with Gasteiger partial charge in [0.15, 0.2) is 5.78 Å². The highest BCUT2D eigenvalue weighted by Crippen LogP contribution is 2.68. The first-order valence-electron chi connectivity index (χ1n) is 13.6. The van der Waals surface area contributed by atoms with E-state index in [2.05, 4.69) is 69.6 Å². The lowest BCUT2D eigenvalue weighted by Crippen LogP contribution is -2.66. The van der Waals surface area contributed by atoms with Crippen LogP contribution in [-0.4, -0.2) is 21.3 Å². The molecule has 10 atom stereocenters. The zero-order valence-corrected chi connectivity index (χ0v) is 23.0. The predicted molar refractivity (Wildman–Crippen MR) is 137 cm³/mol. The smallest absolute Gasteiger partial charge is 0.165 e. The van der Waals surface area contributed by atoms with Gasteiger partial charge in [-0.25, -0.2) is 0 Å². The molecule has 3 unspecified atom stereocenters. The highest BCUT2D eigenvalue weighted by atomic mass is 79.9. The van der Waals surface area contributed by atoms with Crippen LogP contribution in [-0.2, 0) is 4.79 Å². The van der Waals surface area contributed by atoms with Crippen molar-refractivity contribution < 1.29 is 9.90 Å². The molecule has 0 radical (unpaired) electrons. The molecule has 0 spiro atoms. The summed E-state index contributed by atoms with van der Waals surface area (Å²) in [5.74, 6) is 4.46. The van der Waals surface area contributed by atoms with E-state index in [0.717, 1.165) is 18.8 Å². The van der Waals surface area contributed by atoms with E-state index in [0.29, 0.717) is 53.8 Å². The Bertz CT molecular complexity index is 745. The Hall–Kier alpha value is -0.150. The van der Waals surface area contributed by atoms with Crippen LogP contribution in [0.1, 0.15) is 99.3 Å². The molecule has 2 nitrogen and oxygen atoms in total. The van der Waals surface area contributed by atoms with Gasteiger partial charge in [0.1, 0.15) is 5.60 Å². The monoisotopic (exact) mass is 506 g/mol. The maximum atomic E-state index is 13.5. The molecule has 3 heteroatoms. The van der Waals surface area contributed by atoms with Gasteiger partial charge in [-0.2, -0.15) is 0 Å². The second kappa shape index (κ2) is 8.81. The number of Topliss-reactive ketones (excluding diaryl/α,β-unsaturated/α-hetero) is 1. The molecule has 4 aliphatic rings. The van der Waals surface area contributed by atoms with Crippen LogP contribution in [0.5, 0.6) is 0 Å². The van der Waals surface area contributed by atoms with Gasteiger partial charge in [-0.15, -0.1) is 0 Å². The largest absolute Gasteiger partial charge is 0.381 e. The SMILES string of the molecule is CC[C@H](/C=C/[C@@H](C)[C@H]1CCC2C3CC(=O)[C@@]4(O)C[C@@H](Br)CC[C@]4(C)C3CC[C@@]21C)C(C)C. The molecule has 4 saturated carbocycles. The molecule has 0 amide bonds. The fourth-order valence-corrected chi connectivity index (χ4v) is 9.87. The van der Waals surface area contributed by atoms with Crippen molar-refractivity contribution in [3.05, 3.63) is 12.2 Å². The van der Waals surface area contributed by atoms with Gasteiger partial charge in [0.05, 0.1) is 0 Å². The quantitative estimate of drug-likeness (QED) is 0.308. The van der Waals surface area contributed by atoms with Crippen LogP contribution in [0.25, 0.3) is 0 Å². The third-order valence-corrected chi connectivity index (χ3v) is 12.1. The van der Waals surface area contributed by atoms with E-state index < -0.39 is 5.60 Å². The number of carbonyl (C=O) groups excluding carboxylic acids is 1. The molecular weight excluding hydrogens is 460 g/mol. The summed E-state index contributed by atoms with van der Waals surface area (Å²) >= 11 is 3.72. The predicted octanol–water partition coefficient (Wildman–Crippen LogP) is 7.58.